The molecule has 0 radical (unpaired) electrons. The van der Waals surface area contributed by atoms with Gasteiger partial charge >= 0.3 is 0 Å². The molecule has 20 heavy (non-hydrogen) atoms. The van der Waals surface area contributed by atoms with Crippen LogP contribution in [-0.2, 0) is 9.47 Å². The predicted molar refractivity (Wildman–Crippen MR) is 84.4 cm³/mol. The summed E-state index contributed by atoms with van der Waals surface area (Å²) >= 11 is 5.91. The monoisotopic (exact) mass is 299 g/mol. The van der Waals surface area contributed by atoms with Gasteiger partial charge in [0.15, 0.2) is 0 Å². The summed E-state index contributed by atoms with van der Waals surface area (Å²) in [6.07, 6.45) is 3.27. The van der Waals surface area contributed by atoms with Crippen molar-refractivity contribution in [3.8, 4) is 0 Å². The van der Waals surface area contributed by atoms with Crippen molar-refractivity contribution in [3.63, 3.8) is 0 Å². The molecule has 1 N–H and O–H groups in total. The molecular weight excluding hydrogens is 274 g/mol. The zero-order valence-electron chi connectivity index (χ0n) is 12.5. The van der Waals surface area contributed by atoms with Crippen LogP contribution >= 0.6 is 11.6 Å². The van der Waals surface area contributed by atoms with Crippen LogP contribution in [0.3, 0.4) is 0 Å². The van der Waals surface area contributed by atoms with Gasteiger partial charge in [-0.05, 0) is 43.5 Å². The van der Waals surface area contributed by atoms with Crippen LogP contribution in [0.15, 0.2) is 24.3 Å². The van der Waals surface area contributed by atoms with Crippen LogP contribution < -0.4 is 5.32 Å². The Morgan fingerprint density at radius 2 is 1.85 bits per heavy atom. The maximum atomic E-state index is 5.91. The van der Waals surface area contributed by atoms with Crippen LogP contribution in [0.25, 0.3) is 0 Å². The average molecular weight is 300 g/mol. The summed E-state index contributed by atoms with van der Waals surface area (Å²) in [7, 11) is 1.69. The van der Waals surface area contributed by atoms with E-state index in [0.29, 0.717) is 19.3 Å². The van der Waals surface area contributed by atoms with E-state index in [1.54, 1.807) is 7.11 Å². The molecule has 0 fully saturated rings. The van der Waals surface area contributed by atoms with Gasteiger partial charge in [-0.15, -0.1) is 0 Å². The molecule has 3 nitrogen and oxygen atoms in total. The molecule has 0 saturated heterocycles. The van der Waals surface area contributed by atoms with Gasteiger partial charge in [0.2, 0.25) is 0 Å². The summed E-state index contributed by atoms with van der Waals surface area (Å²) in [4.78, 5) is 0. The summed E-state index contributed by atoms with van der Waals surface area (Å²) in [6.45, 7) is 5.37. The molecule has 1 aromatic carbocycles. The van der Waals surface area contributed by atoms with Gasteiger partial charge in [-0.25, -0.2) is 0 Å². The van der Waals surface area contributed by atoms with Crippen molar-refractivity contribution in [2.24, 2.45) is 0 Å². The number of hydrogen-bond acceptors (Lipinski definition) is 3. The Balaban J connectivity index is 2.14. The van der Waals surface area contributed by atoms with Crippen LogP contribution in [0.4, 0.5) is 0 Å². The summed E-state index contributed by atoms with van der Waals surface area (Å²) in [5.74, 6) is 0. The third-order valence-electron chi connectivity index (χ3n) is 3.22. The first-order valence-corrected chi connectivity index (χ1v) is 7.71. The summed E-state index contributed by atoms with van der Waals surface area (Å²) in [5.41, 5.74) is 1.30. The molecule has 4 heteroatoms. The third-order valence-corrected chi connectivity index (χ3v) is 3.47. The molecule has 0 aromatic heterocycles. The number of halogens is 1. The number of ether oxygens (including phenoxy) is 2. The van der Waals surface area contributed by atoms with Gasteiger partial charge in [0, 0.05) is 24.8 Å². The summed E-state index contributed by atoms with van der Waals surface area (Å²) in [6, 6.07) is 8.49. The number of benzene rings is 1. The molecule has 0 aliphatic carbocycles. The Morgan fingerprint density at radius 3 is 2.50 bits per heavy atom. The number of methoxy groups -OCH3 is 1. The summed E-state index contributed by atoms with van der Waals surface area (Å²) in [5, 5.41) is 4.37. The minimum absolute atomic E-state index is 0.404. The van der Waals surface area contributed by atoms with Gasteiger partial charge in [0.1, 0.15) is 0 Å². The quantitative estimate of drug-likeness (QED) is 0.630. The van der Waals surface area contributed by atoms with Gasteiger partial charge in [0.25, 0.3) is 0 Å². The highest BCUT2D eigenvalue weighted by molar-refractivity contribution is 6.30. The van der Waals surface area contributed by atoms with Crippen molar-refractivity contribution in [1.82, 2.24) is 5.32 Å². The molecule has 0 saturated carbocycles. The SMILES string of the molecule is CCC(NCCCCOCCOC)c1ccc(Cl)cc1. The molecule has 1 rings (SSSR count). The minimum atomic E-state index is 0.404. The standard InChI is InChI=1S/C16H26ClNO2/c1-3-16(14-6-8-15(17)9-7-14)18-10-4-5-11-20-13-12-19-2/h6-9,16,18H,3-5,10-13H2,1-2H3. The van der Waals surface area contributed by atoms with Crippen molar-refractivity contribution in [2.45, 2.75) is 32.2 Å². The fourth-order valence-corrected chi connectivity index (χ4v) is 2.17. The van der Waals surface area contributed by atoms with Crippen LogP contribution in [0, 0.1) is 0 Å². The van der Waals surface area contributed by atoms with Gasteiger partial charge in [-0.3, -0.25) is 0 Å². The lowest BCUT2D eigenvalue weighted by molar-refractivity contribution is 0.0687. The van der Waals surface area contributed by atoms with E-state index in [0.717, 1.165) is 37.4 Å². The molecule has 0 bridgehead atoms. The Labute approximate surface area is 127 Å². The van der Waals surface area contributed by atoms with E-state index in [1.165, 1.54) is 5.56 Å². The van der Waals surface area contributed by atoms with Crippen LogP contribution in [0.5, 0.6) is 0 Å². The lowest BCUT2D eigenvalue weighted by Gasteiger charge is -2.17. The van der Waals surface area contributed by atoms with Gasteiger partial charge < -0.3 is 14.8 Å². The number of rotatable bonds is 11. The highest BCUT2D eigenvalue weighted by atomic mass is 35.5. The second kappa shape index (κ2) is 11.1. The number of hydrogen-bond donors (Lipinski definition) is 1. The Morgan fingerprint density at radius 1 is 1.10 bits per heavy atom. The molecule has 1 aromatic rings. The lowest BCUT2D eigenvalue weighted by Crippen LogP contribution is -2.22. The Hall–Kier alpha value is -0.610. The highest BCUT2D eigenvalue weighted by Gasteiger charge is 2.07. The topological polar surface area (TPSA) is 30.5 Å². The average Bonchev–Trinajstić information content (AvgIpc) is 2.47. The van der Waals surface area contributed by atoms with Gasteiger partial charge in [0.05, 0.1) is 13.2 Å². The van der Waals surface area contributed by atoms with Crippen molar-refractivity contribution < 1.29 is 9.47 Å². The molecule has 114 valence electrons. The molecule has 0 aliphatic rings. The van der Waals surface area contributed by atoms with Crippen LogP contribution in [-0.4, -0.2) is 33.5 Å². The number of unbranched alkanes of at least 4 members (excludes halogenated alkanes) is 1. The van der Waals surface area contributed by atoms with Crippen molar-refractivity contribution in [2.75, 3.05) is 33.5 Å². The normalized spacial score (nSPS) is 12.6. The van der Waals surface area contributed by atoms with E-state index >= 15 is 0 Å². The van der Waals surface area contributed by atoms with E-state index in [2.05, 4.69) is 24.4 Å². The van der Waals surface area contributed by atoms with Crippen molar-refractivity contribution in [1.29, 1.82) is 0 Å². The maximum absolute atomic E-state index is 5.91. The Kier molecular flexibility index (Phi) is 9.67. The highest BCUT2D eigenvalue weighted by Crippen LogP contribution is 2.19. The smallest absolute Gasteiger partial charge is 0.0700 e. The molecule has 1 unspecified atom stereocenters. The molecule has 1 atom stereocenters. The fraction of sp³-hybridized carbons (Fsp3) is 0.625. The van der Waals surface area contributed by atoms with Crippen molar-refractivity contribution in [3.05, 3.63) is 34.9 Å². The van der Waals surface area contributed by atoms with Crippen LogP contribution in [0.1, 0.15) is 37.8 Å². The maximum Gasteiger partial charge on any atom is 0.0700 e. The third kappa shape index (κ3) is 7.25. The van der Waals surface area contributed by atoms with Crippen LogP contribution in [0.2, 0.25) is 5.02 Å². The van der Waals surface area contributed by atoms with Crippen molar-refractivity contribution >= 4 is 11.6 Å². The van der Waals surface area contributed by atoms with Gasteiger partial charge in [-0.2, -0.15) is 0 Å². The molecule has 0 aliphatic heterocycles. The first kappa shape index (κ1) is 17.4. The van der Waals surface area contributed by atoms with E-state index < -0.39 is 0 Å². The first-order chi connectivity index (χ1) is 9.77. The van der Waals surface area contributed by atoms with E-state index in [4.69, 9.17) is 21.1 Å². The van der Waals surface area contributed by atoms with E-state index in [1.807, 2.05) is 12.1 Å². The minimum Gasteiger partial charge on any atom is -0.382 e. The Bertz CT molecular complexity index is 343. The molecular formula is C16H26ClNO2. The molecule has 0 amide bonds. The van der Waals surface area contributed by atoms with Gasteiger partial charge in [-0.1, -0.05) is 30.7 Å². The predicted octanol–water partition coefficient (Wildman–Crippen LogP) is 3.82. The van der Waals surface area contributed by atoms with E-state index in [9.17, 15) is 0 Å². The first-order valence-electron chi connectivity index (χ1n) is 7.33. The molecule has 0 spiro atoms. The lowest BCUT2D eigenvalue weighted by atomic mass is 10.0. The number of nitrogens with one attached hydrogen (secondary N) is 1. The fourth-order valence-electron chi connectivity index (χ4n) is 2.04. The zero-order valence-corrected chi connectivity index (χ0v) is 13.3. The second-order valence-corrected chi connectivity index (χ2v) is 5.22. The summed E-state index contributed by atoms with van der Waals surface area (Å²) < 4.78 is 10.4. The largest absolute Gasteiger partial charge is 0.382 e. The second-order valence-electron chi connectivity index (χ2n) is 4.78. The zero-order chi connectivity index (χ0) is 14.6. The molecule has 0 heterocycles. The van der Waals surface area contributed by atoms with E-state index in [-0.39, 0.29) is 0 Å².